The van der Waals surface area contributed by atoms with E-state index < -0.39 is 5.97 Å². The number of aromatic nitrogens is 4. The molecule has 0 radical (unpaired) electrons. The van der Waals surface area contributed by atoms with Crippen molar-refractivity contribution in [2.75, 3.05) is 12.4 Å². The fourth-order valence-electron chi connectivity index (χ4n) is 1.87. The van der Waals surface area contributed by atoms with Crippen molar-refractivity contribution in [1.29, 1.82) is 0 Å². The summed E-state index contributed by atoms with van der Waals surface area (Å²) in [5.41, 5.74) is 2.22. The fourth-order valence-corrected chi connectivity index (χ4v) is 1.87. The molecule has 0 aromatic carbocycles. The number of fused-ring (bicyclic) bond motifs is 1. The van der Waals surface area contributed by atoms with Gasteiger partial charge in [0.05, 0.1) is 5.92 Å². The van der Waals surface area contributed by atoms with E-state index in [1.807, 2.05) is 0 Å². The number of carboxylic acid groups (broad SMARTS) is 1. The number of nitrogens with one attached hydrogen (secondary N) is 1. The van der Waals surface area contributed by atoms with Gasteiger partial charge in [-0.3, -0.25) is 9.36 Å². The van der Waals surface area contributed by atoms with Gasteiger partial charge in [0.1, 0.15) is 12.7 Å². The van der Waals surface area contributed by atoms with Gasteiger partial charge in [0.2, 0.25) is 0 Å². The van der Waals surface area contributed by atoms with E-state index in [9.17, 15) is 4.79 Å². The lowest BCUT2D eigenvalue weighted by Crippen LogP contribution is -1.97. The minimum atomic E-state index is -0.781. The van der Waals surface area contributed by atoms with Crippen LogP contribution < -0.4 is 5.32 Å². The van der Waals surface area contributed by atoms with Gasteiger partial charge in [-0.25, -0.2) is 15.0 Å². The summed E-state index contributed by atoms with van der Waals surface area (Å²) in [5, 5.41) is 11.8. The molecule has 1 aliphatic carbocycles. The molecule has 92 valence electrons. The average Bonchev–Trinajstić information content (AvgIpc) is 3.02. The number of hydrogen-bond acceptors (Lipinski definition) is 5. The van der Waals surface area contributed by atoms with Crippen molar-refractivity contribution in [3.63, 3.8) is 0 Å². The lowest BCUT2D eigenvalue weighted by molar-refractivity contribution is -0.138. The van der Waals surface area contributed by atoms with Crippen LogP contribution in [0.1, 0.15) is 6.42 Å². The monoisotopic (exact) mass is 245 g/mol. The van der Waals surface area contributed by atoms with Gasteiger partial charge in [-0.05, 0) is 12.0 Å². The quantitative estimate of drug-likeness (QED) is 0.831. The van der Waals surface area contributed by atoms with Crippen LogP contribution in [0.5, 0.6) is 0 Å². The molecule has 1 atom stereocenters. The maximum absolute atomic E-state index is 10.8. The molecule has 1 unspecified atom stereocenters. The molecule has 2 aromatic heterocycles. The van der Waals surface area contributed by atoms with Gasteiger partial charge < -0.3 is 10.4 Å². The highest BCUT2D eigenvalue weighted by Crippen LogP contribution is 2.38. The average molecular weight is 245 g/mol. The van der Waals surface area contributed by atoms with Gasteiger partial charge >= 0.3 is 5.97 Å². The highest BCUT2D eigenvalue weighted by atomic mass is 16.4. The molecule has 1 saturated carbocycles. The molecule has 18 heavy (non-hydrogen) atoms. The zero-order valence-corrected chi connectivity index (χ0v) is 9.66. The summed E-state index contributed by atoms with van der Waals surface area (Å²) in [5.74, 6) is -0.480. The first-order chi connectivity index (χ1) is 8.70. The summed E-state index contributed by atoms with van der Waals surface area (Å²) >= 11 is 0. The van der Waals surface area contributed by atoms with Crippen LogP contribution in [-0.4, -0.2) is 37.6 Å². The Morgan fingerprint density at radius 3 is 3.06 bits per heavy atom. The van der Waals surface area contributed by atoms with E-state index in [2.05, 4.69) is 20.3 Å². The third-order valence-corrected chi connectivity index (χ3v) is 2.93. The predicted molar refractivity (Wildman–Crippen MR) is 64.9 cm³/mol. The molecule has 0 amide bonds. The third kappa shape index (κ3) is 1.60. The van der Waals surface area contributed by atoms with Crippen LogP contribution in [0, 0.1) is 5.92 Å². The van der Waals surface area contributed by atoms with Gasteiger partial charge in [0, 0.05) is 13.2 Å². The zero-order chi connectivity index (χ0) is 12.7. The van der Waals surface area contributed by atoms with Crippen molar-refractivity contribution in [3.05, 3.63) is 18.2 Å². The smallest absolute Gasteiger partial charge is 0.311 e. The highest BCUT2D eigenvalue weighted by molar-refractivity contribution is 5.85. The second-order valence-electron chi connectivity index (χ2n) is 4.10. The van der Waals surface area contributed by atoms with E-state index in [1.54, 1.807) is 24.1 Å². The number of nitrogens with zero attached hydrogens (tertiary/aromatic N) is 4. The molecule has 0 bridgehead atoms. The van der Waals surface area contributed by atoms with Gasteiger partial charge in [-0.15, -0.1) is 0 Å². The van der Waals surface area contributed by atoms with Crippen molar-refractivity contribution in [3.8, 4) is 0 Å². The molecule has 7 heteroatoms. The number of carboxylic acids is 1. The SMILES string of the molecule is CNc1ncnc2c1ncn2C=C1CC1C(=O)O. The Bertz CT molecular complexity index is 660. The van der Waals surface area contributed by atoms with Gasteiger partial charge in [-0.1, -0.05) is 0 Å². The first-order valence-corrected chi connectivity index (χ1v) is 5.49. The summed E-state index contributed by atoms with van der Waals surface area (Å²) in [7, 11) is 1.76. The van der Waals surface area contributed by atoms with E-state index in [-0.39, 0.29) is 5.92 Å². The molecule has 1 aliphatic rings. The van der Waals surface area contributed by atoms with E-state index >= 15 is 0 Å². The number of hydrogen-bond donors (Lipinski definition) is 2. The van der Waals surface area contributed by atoms with Crippen LogP contribution in [-0.2, 0) is 4.79 Å². The summed E-state index contributed by atoms with van der Waals surface area (Å²) in [6.45, 7) is 0. The molecule has 1 fully saturated rings. The van der Waals surface area contributed by atoms with E-state index in [0.717, 1.165) is 5.57 Å². The van der Waals surface area contributed by atoms with Crippen molar-refractivity contribution >= 4 is 29.2 Å². The lowest BCUT2D eigenvalue weighted by atomic mass is 10.4. The standard InChI is InChI=1S/C11H11N5O2/c1-12-9-8-10(14-4-13-9)16(5-15-8)3-6-2-7(6)11(17)18/h3-5,7H,2H2,1H3,(H,17,18)(H,12,13,14). The van der Waals surface area contributed by atoms with E-state index in [4.69, 9.17) is 5.11 Å². The number of imidazole rings is 1. The first kappa shape index (κ1) is 10.7. The minimum Gasteiger partial charge on any atom is -0.481 e. The van der Waals surface area contributed by atoms with Crippen molar-refractivity contribution in [1.82, 2.24) is 19.5 Å². The summed E-state index contributed by atoms with van der Waals surface area (Å²) in [6, 6.07) is 0. The molecule has 2 N–H and O–H groups in total. The molecule has 0 saturated heterocycles. The summed E-state index contributed by atoms with van der Waals surface area (Å²) in [4.78, 5) is 23.2. The number of anilines is 1. The van der Waals surface area contributed by atoms with E-state index in [1.165, 1.54) is 6.33 Å². The molecule has 7 nitrogen and oxygen atoms in total. The molecule has 0 spiro atoms. The third-order valence-electron chi connectivity index (χ3n) is 2.93. The Morgan fingerprint density at radius 1 is 1.56 bits per heavy atom. The Hall–Kier alpha value is -2.44. The fraction of sp³-hybridized carbons (Fsp3) is 0.273. The van der Waals surface area contributed by atoms with Crippen LogP contribution in [0.2, 0.25) is 0 Å². The maximum atomic E-state index is 10.8. The van der Waals surface area contributed by atoms with E-state index in [0.29, 0.717) is 23.4 Å². The van der Waals surface area contributed by atoms with Crippen molar-refractivity contribution in [2.45, 2.75) is 6.42 Å². The van der Waals surface area contributed by atoms with Crippen LogP contribution in [0.4, 0.5) is 5.82 Å². The number of rotatable bonds is 3. The molecular formula is C11H11N5O2. The second kappa shape index (κ2) is 3.80. The topological polar surface area (TPSA) is 92.9 Å². The minimum absolute atomic E-state index is 0.354. The first-order valence-electron chi connectivity index (χ1n) is 5.49. The predicted octanol–water partition coefficient (Wildman–Crippen LogP) is 0.813. The van der Waals surface area contributed by atoms with Crippen LogP contribution in [0.15, 0.2) is 18.2 Å². The Morgan fingerprint density at radius 2 is 2.39 bits per heavy atom. The second-order valence-corrected chi connectivity index (χ2v) is 4.10. The normalized spacial score (nSPS) is 20.3. The zero-order valence-electron chi connectivity index (χ0n) is 9.66. The van der Waals surface area contributed by atoms with Crippen molar-refractivity contribution in [2.24, 2.45) is 5.92 Å². The maximum Gasteiger partial charge on any atom is 0.311 e. The Labute approximate surface area is 102 Å². The summed E-state index contributed by atoms with van der Waals surface area (Å²) < 4.78 is 1.73. The molecule has 0 aliphatic heterocycles. The van der Waals surface area contributed by atoms with Crippen molar-refractivity contribution < 1.29 is 9.90 Å². The molecule has 2 aromatic rings. The number of carbonyl (C=O) groups is 1. The van der Waals surface area contributed by atoms with Gasteiger partial charge in [0.15, 0.2) is 17.0 Å². The van der Waals surface area contributed by atoms with Gasteiger partial charge in [0.25, 0.3) is 0 Å². The van der Waals surface area contributed by atoms with Gasteiger partial charge in [-0.2, -0.15) is 0 Å². The highest BCUT2D eigenvalue weighted by Gasteiger charge is 2.36. The molecular weight excluding hydrogens is 234 g/mol. The summed E-state index contributed by atoms with van der Waals surface area (Å²) in [6.07, 6.45) is 5.44. The van der Waals surface area contributed by atoms with Crippen LogP contribution in [0.3, 0.4) is 0 Å². The largest absolute Gasteiger partial charge is 0.481 e. The molecule has 3 rings (SSSR count). The number of aliphatic carboxylic acids is 1. The lowest BCUT2D eigenvalue weighted by Gasteiger charge is -1.99. The Kier molecular flexibility index (Phi) is 2.26. The Balaban J connectivity index is 2.02. The van der Waals surface area contributed by atoms with Crippen LogP contribution in [0.25, 0.3) is 17.4 Å². The molecule has 2 heterocycles. The van der Waals surface area contributed by atoms with Crippen LogP contribution >= 0.6 is 0 Å².